The van der Waals surface area contributed by atoms with Crippen LogP contribution in [0.25, 0.3) is 0 Å². The molecule has 2 aromatic rings. The summed E-state index contributed by atoms with van der Waals surface area (Å²) in [5, 5.41) is 11.3. The van der Waals surface area contributed by atoms with Gasteiger partial charge in [-0.25, -0.2) is 0 Å². The molecule has 88 valence electrons. The minimum absolute atomic E-state index is 0.688. The van der Waals surface area contributed by atoms with Gasteiger partial charge >= 0.3 is 0 Å². The third-order valence-electron chi connectivity index (χ3n) is 2.81. The van der Waals surface area contributed by atoms with Crippen molar-refractivity contribution in [2.75, 3.05) is 11.9 Å². The minimum atomic E-state index is 0.688. The molecule has 0 bridgehead atoms. The van der Waals surface area contributed by atoms with E-state index in [1.165, 1.54) is 5.56 Å². The fraction of sp³-hybridized carbons (Fsp3) is 0.333. The van der Waals surface area contributed by atoms with E-state index in [1.807, 2.05) is 25.4 Å². The van der Waals surface area contributed by atoms with Crippen molar-refractivity contribution in [2.24, 2.45) is 7.05 Å². The summed E-state index contributed by atoms with van der Waals surface area (Å²) in [6.07, 6.45) is 2.90. The quantitative estimate of drug-likeness (QED) is 0.865. The van der Waals surface area contributed by atoms with Gasteiger partial charge in [0.05, 0.1) is 13.2 Å². The first-order valence-electron chi connectivity index (χ1n) is 5.66. The maximum absolute atomic E-state index is 5.47. The second-order valence-corrected chi connectivity index (χ2v) is 4.16. The molecule has 1 aliphatic rings. The van der Waals surface area contributed by atoms with Crippen LogP contribution < -0.4 is 10.1 Å². The molecule has 17 heavy (non-hydrogen) atoms. The summed E-state index contributed by atoms with van der Waals surface area (Å²) >= 11 is 0. The molecule has 2 heterocycles. The minimum Gasteiger partial charge on any atom is -0.493 e. The van der Waals surface area contributed by atoms with Crippen LogP contribution in [0.1, 0.15) is 11.3 Å². The van der Waals surface area contributed by atoms with Crippen LogP contribution in [-0.2, 0) is 20.0 Å². The van der Waals surface area contributed by atoms with Gasteiger partial charge in [-0.15, -0.1) is 5.10 Å². The Hall–Kier alpha value is -2.04. The topological polar surface area (TPSA) is 52.0 Å². The van der Waals surface area contributed by atoms with Crippen molar-refractivity contribution in [3.63, 3.8) is 0 Å². The Kier molecular flexibility index (Phi) is 2.44. The fourth-order valence-corrected chi connectivity index (χ4v) is 1.97. The van der Waals surface area contributed by atoms with Crippen LogP contribution in [0.5, 0.6) is 5.75 Å². The van der Waals surface area contributed by atoms with E-state index < -0.39 is 0 Å². The van der Waals surface area contributed by atoms with Gasteiger partial charge in [-0.05, 0) is 23.8 Å². The van der Waals surface area contributed by atoms with Gasteiger partial charge in [-0.3, -0.25) is 4.68 Å². The predicted molar refractivity (Wildman–Crippen MR) is 64.0 cm³/mol. The van der Waals surface area contributed by atoms with E-state index in [2.05, 4.69) is 21.7 Å². The molecule has 0 saturated heterocycles. The average molecular weight is 230 g/mol. The van der Waals surface area contributed by atoms with Crippen LogP contribution in [0, 0.1) is 0 Å². The average Bonchev–Trinajstić information content (AvgIpc) is 2.94. The number of hydrogen-bond acceptors (Lipinski definition) is 4. The molecule has 0 radical (unpaired) electrons. The Labute approximate surface area is 99.4 Å². The van der Waals surface area contributed by atoms with Gasteiger partial charge < -0.3 is 10.1 Å². The van der Waals surface area contributed by atoms with E-state index in [4.69, 9.17) is 4.74 Å². The van der Waals surface area contributed by atoms with Crippen LogP contribution in [0.2, 0.25) is 0 Å². The van der Waals surface area contributed by atoms with E-state index in [9.17, 15) is 0 Å². The zero-order valence-electron chi connectivity index (χ0n) is 9.68. The van der Waals surface area contributed by atoms with Crippen molar-refractivity contribution in [3.05, 3.63) is 35.7 Å². The number of nitrogens with zero attached hydrogens (tertiary/aromatic N) is 3. The van der Waals surface area contributed by atoms with Gasteiger partial charge in [0.25, 0.3) is 0 Å². The zero-order chi connectivity index (χ0) is 11.7. The number of rotatable bonds is 3. The summed E-state index contributed by atoms with van der Waals surface area (Å²) < 4.78 is 7.17. The number of aryl methyl sites for hydroxylation is 1. The number of ether oxygens (including phenoxy) is 1. The largest absolute Gasteiger partial charge is 0.493 e. The van der Waals surface area contributed by atoms with Crippen LogP contribution in [0.3, 0.4) is 0 Å². The summed E-state index contributed by atoms with van der Waals surface area (Å²) in [6.45, 7) is 1.48. The smallest absolute Gasteiger partial charge is 0.122 e. The molecule has 1 aromatic heterocycles. The van der Waals surface area contributed by atoms with Gasteiger partial charge in [0.15, 0.2) is 0 Å². The number of anilines is 1. The highest BCUT2D eigenvalue weighted by atomic mass is 16.5. The molecule has 1 aromatic carbocycles. The van der Waals surface area contributed by atoms with E-state index in [0.29, 0.717) is 6.54 Å². The summed E-state index contributed by atoms with van der Waals surface area (Å²) in [6, 6.07) is 6.18. The molecule has 0 spiro atoms. The van der Waals surface area contributed by atoms with Gasteiger partial charge in [0, 0.05) is 25.4 Å². The standard InChI is InChI=1S/C12H14N4O/c1-16-8-11(14-15-16)7-13-10-2-3-12-9(6-10)4-5-17-12/h2-3,6,8,13H,4-5,7H2,1H3. The number of hydrogen-bond donors (Lipinski definition) is 1. The molecular formula is C12H14N4O. The van der Waals surface area contributed by atoms with E-state index in [-0.39, 0.29) is 0 Å². The summed E-state index contributed by atoms with van der Waals surface area (Å²) in [4.78, 5) is 0. The SMILES string of the molecule is Cn1cc(CNc2ccc3c(c2)CCO3)nn1. The molecule has 0 atom stereocenters. The molecule has 5 heteroatoms. The monoisotopic (exact) mass is 230 g/mol. The van der Waals surface area contributed by atoms with Crippen LogP contribution in [-0.4, -0.2) is 21.6 Å². The number of aromatic nitrogens is 3. The first kappa shape index (κ1) is 10.1. The Morgan fingerprint density at radius 2 is 2.41 bits per heavy atom. The molecule has 0 saturated carbocycles. The highest BCUT2D eigenvalue weighted by Crippen LogP contribution is 2.27. The fourth-order valence-electron chi connectivity index (χ4n) is 1.97. The molecule has 5 nitrogen and oxygen atoms in total. The lowest BCUT2D eigenvalue weighted by Crippen LogP contribution is -2.00. The van der Waals surface area contributed by atoms with Crippen molar-refractivity contribution < 1.29 is 4.74 Å². The normalized spacial score (nSPS) is 13.2. The van der Waals surface area contributed by atoms with E-state index in [1.54, 1.807) is 4.68 Å². The molecule has 1 N–H and O–H groups in total. The van der Waals surface area contributed by atoms with Crippen molar-refractivity contribution >= 4 is 5.69 Å². The number of benzene rings is 1. The van der Waals surface area contributed by atoms with Crippen molar-refractivity contribution in [2.45, 2.75) is 13.0 Å². The van der Waals surface area contributed by atoms with Crippen molar-refractivity contribution in [1.29, 1.82) is 0 Å². The molecular weight excluding hydrogens is 216 g/mol. The third-order valence-corrected chi connectivity index (χ3v) is 2.81. The van der Waals surface area contributed by atoms with Gasteiger partial charge in [0.2, 0.25) is 0 Å². The highest BCUT2D eigenvalue weighted by molar-refractivity contribution is 5.52. The summed E-state index contributed by atoms with van der Waals surface area (Å²) in [5.41, 5.74) is 3.30. The molecule has 0 fully saturated rings. The van der Waals surface area contributed by atoms with Crippen LogP contribution in [0.4, 0.5) is 5.69 Å². The van der Waals surface area contributed by atoms with E-state index >= 15 is 0 Å². The maximum Gasteiger partial charge on any atom is 0.122 e. The van der Waals surface area contributed by atoms with Gasteiger partial charge in [-0.2, -0.15) is 0 Å². The summed E-state index contributed by atoms with van der Waals surface area (Å²) in [7, 11) is 1.86. The first-order chi connectivity index (χ1) is 8.31. The van der Waals surface area contributed by atoms with Gasteiger partial charge in [0.1, 0.15) is 11.4 Å². The Balaban J connectivity index is 1.69. The molecule has 3 rings (SSSR count). The summed E-state index contributed by atoms with van der Waals surface area (Å²) in [5.74, 6) is 1.01. The van der Waals surface area contributed by atoms with Gasteiger partial charge in [-0.1, -0.05) is 5.21 Å². The Morgan fingerprint density at radius 3 is 3.24 bits per heavy atom. The number of fused-ring (bicyclic) bond motifs is 1. The highest BCUT2D eigenvalue weighted by Gasteiger charge is 2.11. The second kappa shape index (κ2) is 4.08. The Bertz CT molecular complexity index is 535. The zero-order valence-corrected chi connectivity index (χ0v) is 9.68. The van der Waals surface area contributed by atoms with E-state index in [0.717, 1.165) is 30.2 Å². The van der Waals surface area contributed by atoms with Crippen LogP contribution >= 0.6 is 0 Å². The second-order valence-electron chi connectivity index (χ2n) is 4.16. The third kappa shape index (κ3) is 2.08. The molecule has 1 aliphatic heterocycles. The molecule has 0 aliphatic carbocycles. The van der Waals surface area contributed by atoms with Crippen LogP contribution in [0.15, 0.2) is 24.4 Å². The molecule has 0 unspecified atom stereocenters. The number of nitrogens with one attached hydrogen (secondary N) is 1. The lowest BCUT2D eigenvalue weighted by molar-refractivity contribution is 0.357. The maximum atomic E-state index is 5.47. The predicted octanol–water partition coefficient (Wildman–Crippen LogP) is 1.36. The lowest BCUT2D eigenvalue weighted by Gasteiger charge is -2.05. The van der Waals surface area contributed by atoms with Crippen molar-refractivity contribution in [3.8, 4) is 5.75 Å². The lowest BCUT2D eigenvalue weighted by atomic mass is 10.1. The van der Waals surface area contributed by atoms with Crippen molar-refractivity contribution in [1.82, 2.24) is 15.0 Å². The first-order valence-corrected chi connectivity index (χ1v) is 5.66. The Morgan fingerprint density at radius 1 is 1.47 bits per heavy atom. The molecule has 0 amide bonds.